The Hall–Kier alpha value is -1.55. The number of carbonyl (C=O) groups excluding carboxylic acids is 1. The predicted octanol–water partition coefficient (Wildman–Crippen LogP) is 1.35. The Bertz CT molecular complexity index is 380. The van der Waals surface area contributed by atoms with Gasteiger partial charge in [0.15, 0.2) is 0 Å². The number of nitrogens with one attached hydrogen (secondary N) is 2. The second-order valence-electron chi connectivity index (χ2n) is 4.29. The number of carbonyl (C=O) groups is 1. The summed E-state index contributed by atoms with van der Waals surface area (Å²) in [5.74, 6) is 0.976. The molecule has 1 rings (SSSR count). The van der Waals surface area contributed by atoms with Gasteiger partial charge in [-0.2, -0.15) is 0 Å². The van der Waals surface area contributed by atoms with E-state index in [-0.39, 0.29) is 5.91 Å². The summed E-state index contributed by atoms with van der Waals surface area (Å²) >= 11 is 0. The van der Waals surface area contributed by atoms with Crippen molar-refractivity contribution in [1.29, 1.82) is 0 Å². The van der Waals surface area contributed by atoms with Crippen LogP contribution in [0.25, 0.3) is 0 Å². The third kappa shape index (κ3) is 4.75. The highest BCUT2D eigenvalue weighted by atomic mass is 16.5. The fraction of sp³-hybridized carbons (Fsp3) is 0.500. The molecule has 1 aromatic rings. The molecule has 100 valence electrons. The van der Waals surface area contributed by atoms with Crippen LogP contribution in [-0.2, 0) is 11.2 Å². The van der Waals surface area contributed by atoms with Gasteiger partial charge in [0.05, 0.1) is 7.11 Å². The lowest BCUT2D eigenvalue weighted by molar-refractivity contribution is -0.120. The van der Waals surface area contributed by atoms with E-state index in [0.717, 1.165) is 12.2 Å². The summed E-state index contributed by atoms with van der Waals surface area (Å²) in [6.45, 7) is 2.80. The van der Waals surface area contributed by atoms with Crippen LogP contribution in [0.1, 0.15) is 18.9 Å². The Morgan fingerprint density at radius 3 is 2.78 bits per heavy atom. The average molecular weight is 250 g/mol. The van der Waals surface area contributed by atoms with Gasteiger partial charge in [-0.05, 0) is 25.0 Å². The van der Waals surface area contributed by atoms with Gasteiger partial charge in [-0.25, -0.2) is 0 Å². The van der Waals surface area contributed by atoms with Crippen molar-refractivity contribution in [3.63, 3.8) is 0 Å². The predicted molar refractivity (Wildman–Crippen MR) is 72.8 cm³/mol. The molecule has 1 unspecified atom stereocenters. The molecule has 0 aromatic heterocycles. The first-order valence-corrected chi connectivity index (χ1v) is 6.23. The standard InChI is InChI=1S/C14H22N2O2/c1-11(16-9-8-14(17)15-2)10-12-6-4-5-7-13(12)18-3/h4-7,11,16H,8-10H2,1-3H3,(H,15,17). The summed E-state index contributed by atoms with van der Waals surface area (Å²) in [5, 5.41) is 5.94. The molecular formula is C14H22N2O2. The second kappa shape index (κ2) is 7.71. The van der Waals surface area contributed by atoms with Crippen molar-refractivity contribution in [3.05, 3.63) is 29.8 Å². The zero-order valence-corrected chi connectivity index (χ0v) is 11.3. The molecule has 0 fully saturated rings. The third-order valence-electron chi connectivity index (χ3n) is 2.84. The highest BCUT2D eigenvalue weighted by molar-refractivity contribution is 5.75. The van der Waals surface area contributed by atoms with E-state index in [9.17, 15) is 4.79 Å². The second-order valence-corrected chi connectivity index (χ2v) is 4.29. The first kappa shape index (κ1) is 14.5. The number of ether oxygens (including phenoxy) is 1. The van der Waals surface area contributed by atoms with Crippen molar-refractivity contribution in [1.82, 2.24) is 10.6 Å². The SMILES string of the molecule is CNC(=O)CCNC(C)Cc1ccccc1OC. The molecule has 18 heavy (non-hydrogen) atoms. The largest absolute Gasteiger partial charge is 0.496 e. The minimum atomic E-state index is 0.0620. The summed E-state index contributed by atoms with van der Waals surface area (Å²) in [6, 6.07) is 8.31. The zero-order chi connectivity index (χ0) is 13.4. The molecule has 0 saturated heterocycles. The van der Waals surface area contributed by atoms with Crippen LogP contribution in [0, 0.1) is 0 Å². The number of methoxy groups -OCH3 is 1. The maximum atomic E-state index is 11.1. The van der Waals surface area contributed by atoms with Gasteiger partial charge in [0.1, 0.15) is 5.75 Å². The molecule has 0 heterocycles. The molecule has 0 radical (unpaired) electrons. The summed E-state index contributed by atoms with van der Waals surface area (Å²) in [4.78, 5) is 11.1. The molecule has 1 amide bonds. The van der Waals surface area contributed by atoms with Crippen molar-refractivity contribution < 1.29 is 9.53 Å². The maximum Gasteiger partial charge on any atom is 0.221 e. The Morgan fingerprint density at radius 1 is 1.39 bits per heavy atom. The van der Waals surface area contributed by atoms with Crippen LogP contribution in [-0.4, -0.2) is 32.7 Å². The fourth-order valence-electron chi connectivity index (χ4n) is 1.83. The Kier molecular flexibility index (Phi) is 6.22. The van der Waals surface area contributed by atoms with E-state index in [1.807, 2.05) is 18.2 Å². The lowest BCUT2D eigenvalue weighted by Gasteiger charge is -2.15. The lowest BCUT2D eigenvalue weighted by atomic mass is 10.1. The van der Waals surface area contributed by atoms with E-state index in [2.05, 4.69) is 23.6 Å². The van der Waals surface area contributed by atoms with E-state index < -0.39 is 0 Å². The number of amides is 1. The number of rotatable bonds is 7. The zero-order valence-electron chi connectivity index (χ0n) is 11.3. The lowest BCUT2D eigenvalue weighted by Crippen LogP contribution is -2.32. The van der Waals surface area contributed by atoms with Gasteiger partial charge in [0.25, 0.3) is 0 Å². The van der Waals surface area contributed by atoms with E-state index in [4.69, 9.17) is 4.74 Å². The molecule has 4 heteroatoms. The molecule has 0 bridgehead atoms. The summed E-state index contributed by atoms with van der Waals surface area (Å²) in [5.41, 5.74) is 1.18. The van der Waals surface area contributed by atoms with Crippen molar-refractivity contribution in [2.75, 3.05) is 20.7 Å². The molecule has 0 aliphatic carbocycles. The van der Waals surface area contributed by atoms with Crippen molar-refractivity contribution in [2.24, 2.45) is 0 Å². The molecule has 0 spiro atoms. The topological polar surface area (TPSA) is 50.4 Å². The molecule has 0 aliphatic rings. The van der Waals surface area contributed by atoms with Crippen molar-refractivity contribution >= 4 is 5.91 Å². The minimum Gasteiger partial charge on any atom is -0.496 e. The van der Waals surface area contributed by atoms with Gasteiger partial charge in [0.2, 0.25) is 5.91 Å². The van der Waals surface area contributed by atoms with Crippen LogP contribution < -0.4 is 15.4 Å². The molecular weight excluding hydrogens is 228 g/mol. The van der Waals surface area contributed by atoms with E-state index >= 15 is 0 Å². The van der Waals surface area contributed by atoms with E-state index in [1.165, 1.54) is 5.56 Å². The average Bonchev–Trinajstić information content (AvgIpc) is 2.39. The highest BCUT2D eigenvalue weighted by Gasteiger charge is 2.07. The quantitative estimate of drug-likeness (QED) is 0.768. The van der Waals surface area contributed by atoms with Gasteiger partial charge in [-0.15, -0.1) is 0 Å². The Morgan fingerprint density at radius 2 is 2.11 bits per heavy atom. The normalized spacial score (nSPS) is 11.9. The number of hydrogen-bond acceptors (Lipinski definition) is 3. The van der Waals surface area contributed by atoms with Crippen molar-refractivity contribution in [2.45, 2.75) is 25.8 Å². The first-order valence-electron chi connectivity index (χ1n) is 6.23. The number of hydrogen-bond donors (Lipinski definition) is 2. The monoisotopic (exact) mass is 250 g/mol. The van der Waals surface area contributed by atoms with Gasteiger partial charge in [-0.3, -0.25) is 4.79 Å². The van der Waals surface area contributed by atoms with Gasteiger partial charge >= 0.3 is 0 Å². The van der Waals surface area contributed by atoms with Gasteiger partial charge in [-0.1, -0.05) is 18.2 Å². The fourth-order valence-corrected chi connectivity index (χ4v) is 1.83. The van der Waals surface area contributed by atoms with E-state index in [1.54, 1.807) is 14.2 Å². The minimum absolute atomic E-state index is 0.0620. The molecule has 2 N–H and O–H groups in total. The van der Waals surface area contributed by atoms with E-state index in [0.29, 0.717) is 19.0 Å². The first-order chi connectivity index (χ1) is 8.67. The summed E-state index contributed by atoms with van der Waals surface area (Å²) < 4.78 is 5.31. The Balaban J connectivity index is 2.39. The van der Waals surface area contributed by atoms with Crippen LogP contribution in [0.3, 0.4) is 0 Å². The molecule has 0 aliphatic heterocycles. The van der Waals surface area contributed by atoms with Crippen LogP contribution in [0.15, 0.2) is 24.3 Å². The molecule has 4 nitrogen and oxygen atoms in total. The number of para-hydroxylation sites is 1. The van der Waals surface area contributed by atoms with Crippen LogP contribution in [0.2, 0.25) is 0 Å². The van der Waals surface area contributed by atoms with Gasteiger partial charge in [0, 0.05) is 26.1 Å². The van der Waals surface area contributed by atoms with Crippen LogP contribution in [0.5, 0.6) is 5.75 Å². The smallest absolute Gasteiger partial charge is 0.221 e. The molecule has 1 aromatic carbocycles. The molecule has 0 saturated carbocycles. The molecule has 1 atom stereocenters. The third-order valence-corrected chi connectivity index (χ3v) is 2.84. The summed E-state index contributed by atoms with van der Waals surface area (Å²) in [7, 11) is 3.34. The highest BCUT2D eigenvalue weighted by Crippen LogP contribution is 2.18. The van der Waals surface area contributed by atoms with Crippen LogP contribution >= 0.6 is 0 Å². The Labute approximate surface area is 109 Å². The van der Waals surface area contributed by atoms with Gasteiger partial charge < -0.3 is 15.4 Å². The van der Waals surface area contributed by atoms with Crippen molar-refractivity contribution in [3.8, 4) is 5.75 Å². The summed E-state index contributed by atoms with van der Waals surface area (Å²) in [6.07, 6.45) is 1.39. The maximum absolute atomic E-state index is 11.1. The number of benzene rings is 1. The van der Waals surface area contributed by atoms with Crippen LogP contribution in [0.4, 0.5) is 0 Å².